The topological polar surface area (TPSA) is 82.1 Å². The van der Waals surface area contributed by atoms with Gasteiger partial charge in [0.15, 0.2) is 5.60 Å². The first-order chi connectivity index (χ1) is 12.3. The molecule has 0 amide bonds. The van der Waals surface area contributed by atoms with Crippen molar-refractivity contribution in [1.29, 1.82) is 0 Å². The van der Waals surface area contributed by atoms with E-state index in [1.165, 1.54) is 0 Å². The molecule has 6 nitrogen and oxygen atoms in total. The Morgan fingerprint density at radius 3 is 2.58 bits per heavy atom. The van der Waals surface area contributed by atoms with Crippen LogP contribution in [0.2, 0.25) is 0 Å². The number of hydrogen-bond donors (Lipinski definition) is 1. The highest BCUT2D eigenvalue weighted by Gasteiger charge is 2.76. The van der Waals surface area contributed by atoms with Crippen LogP contribution in [0.5, 0.6) is 0 Å². The van der Waals surface area contributed by atoms with E-state index in [2.05, 4.69) is 6.92 Å². The predicted octanol–water partition coefficient (Wildman–Crippen LogP) is 1.97. The van der Waals surface area contributed by atoms with Gasteiger partial charge >= 0.3 is 11.9 Å². The lowest BCUT2D eigenvalue weighted by Crippen LogP contribution is -2.73. The molecule has 0 unspecified atom stereocenters. The number of aliphatic hydroxyl groups is 1. The predicted molar refractivity (Wildman–Crippen MR) is 90.0 cm³/mol. The summed E-state index contributed by atoms with van der Waals surface area (Å²) in [6.45, 7) is 4.78. The lowest BCUT2D eigenvalue weighted by Gasteiger charge is -2.67. The number of carbonyl (C=O) groups is 2. The fraction of sp³-hybridized carbons (Fsp3) is 0.900. The first kappa shape index (κ1) is 17.0. The van der Waals surface area contributed by atoms with Gasteiger partial charge in [-0.3, -0.25) is 4.79 Å². The lowest BCUT2D eigenvalue weighted by molar-refractivity contribution is -0.302. The summed E-state index contributed by atoms with van der Waals surface area (Å²) in [5.74, 6) is -0.504. The van der Waals surface area contributed by atoms with Crippen LogP contribution in [0.3, 0.4) is 0 Å². The van der Waals surface area contributed by atoms with Crippen LogP contribution in [0.15, 0.2) is 0 Å². The van der Waals surface area contributed by atoms with E-state index in [1.54, 1.807) is 0 Å². The molecule has 3 saturated heterocycles. The van der Waals surface area contributed by atoms with Gasteiger partial charge in [0.1, 0.15) is 6.61 Å². The Labute approximate surface area is 153 Å². The molecule has 1 N–H and O–H groups in total. The van der Waals surface area contributed by atoms with Crippen molar-refractivity contribution in [1.82, 2.24) is 0 Å². The van der Waals surface area contributed by atoms with Crippen molar-refractivity contribution < 1.29 is 28.9 Å². The minimum atomic E-state index is -0.842. The van der Waals surface area contributed by atoms with Gasteiger partial charge in [-0.2, -0.15) is 0 Å². The average Bonchev–Trinajstić information content (AvgIpc) is 3.16. The summed E-state index contributed by atoms with van der Waals surface area (Å²) in [5.41, 5.74) is -2.47. The summed E-state index contributed by atoms with van der Waals surface area (Å²) in [4.78, 5) is 25.1. The quantitative estimate of drug-likeness (QED) is 0.662. The van der Waals surface area contributed by atoms with Crippen molar-refractivity contribution >= 4 is 11.9 Å². The van der Waals surface area contributed by atoms with Crippen molar-refractivity contribution in [3.63, 3.8) is 0 Å². The number of esters is 2. The third kappa shape index (κ3) is 1.71. The molecule has 3 heterocycles. The van der Waals surface area contributed by atoms with Gasteiger partial charge in [-0.25, -0.2) is 4.79 Å². The largest absolute Gasteiger partial charge is 0.465 e. The molecule has 144 valence electrons. The molecule has 3 aliphatic heterocycles. The zero-order chi connectivity index (χ0) is 18.4. The van der Waals surface area contributed by atoms with E-state index in [1.807, 2.05) is 6.92 Å². The second-order valence-corrected chi connectivity index (χ2v) is 9.56. The van der Waals surface area contributed by atoms with Crippen LogP contribution < -0.4 is 0 Å². The van der Waals surface area contributed by atoms with Gasteiger partial charge in [0.05, 0.1) is 23.7 Å². The number of hydrogen-bond acceptors (Lipinski definition) is 6. The summed E-state index contributed by atoms with van der Waals surface area (Å²) in [6.07, 6.45) is 4.61. The second kappa shape index (κ2) is 5.02. The first-order valence-electron chi connectivity index (χ1n) is 10.0. The van der Waals surface area contributed by atoms with Crippen LogP contribution >= 0.6 is 0 Å². The van der Waals surface area contributed by atoms with Crippen molar-refractivity contribution in [2.45, 2.75) is 76.1 Å². The average molecular weight is 364 g/mol. The molecule has 0 radical (unpaired) electrons. The molecule has 5 rings (SSSR count). The summed E-state index contributed by atoms with van der Waals surface area (Å²) < 4.78 is 17.7. The molecule has 5 fully saturated rings. The fourth-order valence-electron chi connectivity index (χ4n) is 7.41. The molecule has 2 bridgehead atoms. The standard InChI is InChI=1S/C20H28O6/c1-12-10-13(21)14-17(2)4-3-5-18(14,11-25-15(17)22)20(12)7-6-19(26-20)8-9-24-16(19)23/h12-14,21H,3-11H2,1-2H3/t12-,13+,14+,17-,18+,19+,20+/m0/s1. The summed E-state index contributed by atoms with van der Waals surface area (Å²) in [5, 5.41) is 11.1. The van der Waals surface area contributed by atoms with Crippen molar-refractivity contribution in [2.24, 2.45) is 22.7 Å². The van der Waals surface area contributed by atoms with Crippen molar-refractivity contribution in [2.75, 3.05) is 13.2 Å². The van der Waals surface area contributed by atoms with E-state index in [0.29, 0.717) is 32.5 Å². The summed E-state index contributed by atoms with van der Waals surface area (Å²) >= 11 is 0. The van der Waals surface area contributed by atoms with Gasteiger partial charge in [-0.1, -0.05) is 13.3 Å². The Morgan fingerprint density at radius 2 is 1.85 bits per heavy atom. The number of carbonyl (C=O) groups excluding carboxylic acids is 2. The molecule has 26 heavy (non-hydrogen) atoms. The van der Waals surface area contributed by atoms with Gasteiger partial charge in [-0.05, 0) is 44.9 Å². The van der Waals surface area contributed by atoms with Crippen LogP contribution in [0, 0.1) is 22.7 Å². The maximum Gasteiger partial charge on any atom is 0.338 e. The van der Waals surface area contributed by atoms with Gasteiger partial charge < -0.3 is 19.3 Å². The fourth-order valence-corrected chi connectivity index (χ4v) is 7.41. The zero-order valence-electron chi connectivity index (χ0n) is 15.6. The van der Waals surface area contributed by atoms with Crippen molar-refractivity contribution in [3.05, 3.63) is 0 Å². The van der Waals surface area contributed by atoms with Crippen LogP contribution in [0.1, 0.15) is 58.8 Å². The molecule has 5 aliphatic rings. The Morgan fingerprint density at radius 1 is 1.04 bits per heavy atom. The molecule has 0 aromatic heterocycles. The van der Waals surface area contributed by atoms with Crippen LogP contribution in [-0.2, 0) is 23.8 Å². The maximum atomic E-state index is 12.7. The highest BCUT2D eigenvalue weighted by Crippen LogP contribution is 2.70. The first-order valence-corrected chi connectivity index (χ1v) is 10.0. The second-order valence-electron chi connectivity index (χ2n) is 9.56. The SMILES string of the molecule is C[C@H]1C[C@@H](O)[C@H]2[C@]3(CCC[C@]2(C)C(=O)OC3)[C@@]12CC[C@]1(CCOC1=O)O2. The molecule has 2 spiro atoms. The highest BCUT2D eigenvalue weighted by atomic mass is 16.6. The van der Waals surface area contributed by atoms with Crippen LogP contribution in [0.4, 0.5) is 0 Å². The van der Waals surface area contributed by atoms with Crippen molar-refractivity contribution in [3.8, 4) is 0 Å². The molecule has 0 aromatic carbocycles. The van der Waals surface area contributed by atoms with Gasteiger partial charge in [0.25, 0.3) is 0 Å². The Bertz CT molecular complexity index is 677. The third-order valence-electron chi connectivity index (χ3n) is 8.54. The van der Waals surface area contributed by atoms with E-state index in [0.717, 1.165) is 25.7 Å². The Balaban J connectivity index is 1.64. The molecular formula is C20H28O6. The molecule has 2 aliphatic carbocycles. The molecule has 0 aromatic rings. The van der Waals surface area contributed by atoms with Gasteiger partial charge in [0, 0.05) is 17.8 Å². The zero-order valence-corrected chi connectivity index (χ0v) is 15.6. The van der Waals surface area contributed by atoms with Crippen LogP contribution in [0.25, 0.3) is 0 Å². The molecular weight excluding hydrogens is 336 g/mol. The third-order valence-corrected chi connectivity index (χ3v) is 8.54. The van der Waals surface area contributed by atoms with E-state index >= 15 is 0 Å². The normalized spacial score (nSPS) is 55.7. The van der Waals surface area contributed by atoms with Crippen LogP contribution in [-0.4, -0.2) is 47.6 Å². The molecule has 2 saturated carbocycles. The van der Waals surface area contributed by atoms with E-state index in [-0.39, 0.29) is 23.8 Å². The lowest BCUT2D eigenvalue weighted by atomic mass is 9.42. The van der Waals surface area contributed by atoms with Gasteiger partial charge in [-0.15, -0.1) is 0 Å². The summed E-state index contributed by atoms with van der Waals surface area (Å²) in [6, 6.07) is 0. The van der Waals surface area contributed by atoms with Gasteiger partial charge in [0.2, 0.25) is 0 Å². The van der Waals surface area contributed by atoms with E-state index < -0.39 is 28.1 Å². The minimum absolute atomic E-state index is 0.0978. The molecule has 7 atom stereocenters. The number of cyclic esters (lactones) is 2. The monoisotopic (exact) mass is 364 g/mol. The molecule has 6 heteroatoms. The van der Waals surface area contributed by atoms with E-state index in [4.69, 9.17) is 14.2 Å². The van der Waals surface area contributed by atoms with E-state index in [9.17, 15) is 14.7 Å². The highest BCUT2D eigenvalue weighted by molar-refractivity contribution is 5.82. The Hall–Kier alpha value is -1.14. The maximum absolute atomic E-state index is 12.7. The number of aliphatic hydroxyl groups excluding tert-OH is 1. The smallest absolute Gasteiger partial charge is 0.338 e. The number of ether oxygens (including phenoxy) is 3. The number of rotatable bonds is 0. The summed E-state index contributed by atoms with van der Waals surface area (Å²) in [7, 11) is 0. The Kier molecular flexibility index (Phi) is 3.28. The minimum Gasteiger partial charge on any atom is -0.465 e.